The number of hydrogen-bond donors (Lipinski definition) is 0. The van der Waals surface area contributed by atoms with Gasteiger partial charge in [-0.3, -0.25) is 4.57 Å². The molecule has 0 N–H and O–H groups in total. The van der Waals surface area contributed by atoms with Crippen LogP contribution >= 0.6 is 0 Å². The molecule has 0 fully saturated rings. The topological polar surface area (TPSA) is 45.1 Å². The van der Waals surface area contributed by atoms with Gasteiger partial charge in [0.1, 0.15) is 23.3 Å². The van der Waals surface area contributed by atoms with Crippen molar-refractivity contribution in [2.24, 2.45) is 0 Å². The van der Waals surface area contributed by atoms with Crippen molar-refractivity contribution >= 4 is 60.4 Å². The minimum absolute atomic E-state index is 0.0454. The summed E-state index contributed by atoms with van der Waals surface area (Å²) in [5, 5.41) is 4.58. The summed E-state index contributed by atoms with van der Waals surface area (Å²) in [6, 6.07) is 55.6. The van der Waals surface area contributed by atoms with Crippen LogP contribution in [0.15, 0.2) is 180 Å². The number of fused-ring (bicyclic) bond motifs is 11. The molecular formula is C49H31N3O2. The highest BCUT2D eigenvalue weighted by Crippen LogP contribution is 2.52. The molecule has 5 heteroatoms. The molecular weight excluding hydrogens is 663 g/mol. The van der Waals surface area contributed by atoms with Crippen molar-refractivity contribution in [1.29, 1.82) is 0 Å². The van der Waals surface area contributed by atoms with Crippen molar-refractivity contribution < 1.29 is 9.15 Å². The summed E-state index contributed by atoms with van der Waals surface area (Å²) in [6.45, 7) is 0. The molecule has 0 bridgehead atoms. The first kappa shape index (κ1) is 29.5. The van der Waals surface area contributed by atoms with Crippen molar-refractivity contribution in [3.8, 4) is 28.5 Å². The number of para-hydroxylation sites is 5. The standard InChI is InChI=1S/C49H31N3O2/c1-2-12-31(13-3-1)49-50-39-18-6-8-20-41(39)51(49)32-26-24-30(25-27-32)33-16-11-23-44-45(33)38-17-10-21-42(47(38)54-44)52-40-19-7-4-14-34(40)36-28-29-37-35-15-5-9-22-43(35)53-48(37)46(36)52/h1-29,44-45H. The van der Waals surface area contributed by atoms with Crippen LogP contribution in [0.5, 0.6) is 5.75 Å². The van der Waals surface area contributed by atoms with Crippen LogP contribution in [0.4, 0.5) is 0 Å². The lowest BCUT2D eigenvalue weighted by Crippen LogP contribution is -2.19. The van der Waals surface area contributed by atoms with E-state index in [1.807, 2.05) is 18.2 Å². The molecule has 4 heterocycles. The van der Waals surface area contributed by atoms with Crippen LogP contribution in [0.25, 0.3) is 83.1 Å². The van der Waals surface area contributed by atoms with E-state index in [0.29, 0.717) is 0 Å². The maximum Gasteiger partial charge on any atom is 0.160 e. The second-order valence-corrected chi connectivity index (χ2v) is 14.2. The van der Waals surface area contributed by atoms with E-state index in [2.05, 4.69) is 167 Å². The Bertz CT molecular complexity index is 3200. The lowest BCUT2D eigenvalue weighted by atomic mass is 9.81. The van der Waals surface area contributed by atoms with E-state index in [0.717, 1.165) is 77.9 Å². The third-order valence-electron chi connectivity index (χ3n) is 11.3. The molecule has 1 aliphatic heterocycles. The van der Waals surface area contributed by atoms with Gasteiger partial charge in [0.2, 0.25) is 0 Å². The van der Waals surface area contributed by atoms with E-state index >= 15 is 0 Å². The molecule has 54 heavy (non-hydrogen) atoms. The van der Waals surface area contributed by atoms with Crippen LogP contribution in [-0.2, 0) is 0 Å². The summed E-state index contributed by atoms with van der Waals surface area (Å²) in [5.41, 5.74) is 12.8. The molecule has 254 valence electrons. The lowest BCUT2D eigenvalue weighted by molar-refractivity contribution is 0.271. The highest BCUT2D eigenvalue weighted by atomic mass is 16.5. The fourth-order valence-corrected chi connectivity index (χ4v) is 8.97. The molecule has 2 atom stereocenters. The largest absolute Gasteiger partial charge is 0.483 e. The first-order valence-electron chi connectivity index (χ1n) is 18.5. The van der Waals surface area contributed by atoms with E-state index in [1.165, 1.54) is 22.1 Å². The number of rotatable bonds is 4. The van der Waals surface area contributed by atoms with Gasteiger partial charge in [-0.2, -0.15) is 0 Å². The average Bonchev–Trinajstić information content (AvgIpc) is 4.00. The predicted octanol–water partition coefficient (Wildman–Crippen LogP) is 12.2. The third-order valence-corrected chi connectivity index (χ3v) is 11.3. The molecule has 10 aromatic rings. The molecule has 7 aromatic carbocycles. The number of ether oxygens (including phenoxy) is 1. The van der Waals surface area contributed by atoms with Crippen LogP contribution in [-0.4, -0.2) is 20.2 Å². The first-order valence-corrected chi connectivity index (χ1v) is 18.5. The number of imidazole rings is 1. The Morgan fingerprint density at radius 3 is 2.20 bits per heavy atom. The van der Waals surface area contributed by atoms with Crippen LogP contribution in [0, 0.1) is 0 Å². The Hall–Kier alpha value is -7.11. The second kappa shape index (κ2) is 11.2. The molecule has 0 saturated carbocycles. The molecule has 5 nitrogen and oxygen atoms in total. The number of allylic oxidation sites excluding steroid dienone is 2. The van der Waals surface area contributed by atoms with Crippen LogP contribution in [0.3, 0.4) is 0 Å². The molecule has 2 unspecified atom stereocenters. The molecule has 3 aromatic heterocycles. The first-order chi connectivity index (χ1) is 26.8. The van der Waals surface area contributed by atoms with Gasteiger partial charge in [-0.1, -0.05) is 121 Å². The number of nitrogens with zero attached hydrogens (tertiary/aromatic N) is 3. The van der Waals surface area contributed by atoms with Crippen molar-refractivity contribution in [1.82, 2.24) is 14.1 Å². The van der Waals surface area contributed by atoms with Crippen molar-refractivity contribution in [2.45, 2.75) is 12.0 Å². The third kappa shape index (κ3) is 4.12. The van der Waals surface area contributed by atoms with Crippen LogP contribution in [0.2, 0.25) is 0 Å². The second-order valence-electron chi connectivity index (χ2n) is 14.2. The Labute approximate surface area is 310 Å². The van der Waals surface area contributed by atoms with Gasteiger partial charge in [0.25, 0.3) is 0 Å². The molecule has 12 rings (SSSR count). The molecule has 0 amide bonds. The van der Waals surface area contributed by atoms with E-state index in [4.69, 9.17) is 14.1 Å². The number of hydrogen-bond acceptors (Lipinski definition) is 3. The summed E-state index contributed by atoms with van der Waals surface area (Å²) < 4.78 is 18.3. The maximum absolute atomic E-state index is 6.99. The molecule has 0 saturated heterocycles. The van der Waals surface area contributed by atoms with Gasteiger partial charge >= 0.3 is 0 Å². The maximum atomic E-state index is 6.99. The number of aromatic nitrogens is 3. The molecule has 1 aliphatic carbocycles. The summed E-state index contributed by atoms with van der Waals surface area (Å²) in [5.74, 6) is 1.89. The van der Waals surface area contributed by atoms with Gasteiger partial charge in [0, 0.05) is 38.4 Å². The van der Waals surface area contributed by atoms with Gasteiger partial charge in [0.15, 0.2) is 5.58 Å². The van der Waals surface area contributed by atoms with Crippen LogP contribution in [0.1, 0.15) is 17.0 Å². The molecule has 0 spiro atoms. The predicted molar refractivity (Wildman–Crippen MR) is 219 cm³/mol. The summed E-state index contributed by atoms with van der Waals surface area (Å²) in [4.78, 5) is 5.05. The fourth-order valence-electron chi connectivity index (χ4n) is 8.97. The van der Waals surface area contributed by atoms with Gasteiger partial charge < -0.3 is 13.7 Å². The summed E-state index contributed by atoms with van der Waals surface area (Å²) in [7, 11) is 0. The zero-order chi connectivity index (χ0) is 35.3. The minimum atomic E-state index is -0.123. The van der Waals surface area contributed by atoms with E-state index in [9.17, 15) is 0 Å². The van der Waals surface area contributed by atoms with Crippen LogP contribution < -0.4 is 4.74 Å². The van der Waals surface area contributed by atoms with Gasteiger partial charge in [-0.25, -0.2) is 4.98 Å². The number of furan rings is 1. The van der Waals surface area contributed by atoms with Gasteiger partial charge in [-0.05, 0) is 65.7 Å². The summed E-state index contributed by atoms with van der Waals surface area (Å²) >= 11 is 0. The van der Waals surface area contributed by atoms with E-state index < -0.39 is 0 Å². The molecule has 0 radical (unpaired) electrons. The average molecular weight is 694 g/mol. The Morgan fingerprint density at radius 1 is 0.556 bits per heavy atom. The zero-order valence-electron chi connectivity index (χ0n) is 29.1. The Kier molecular flexibility index (Phi) is 6.11. The van der Waals surface area contributed by atoms with Gasteiger partial charge in [0.05, 0.1) is 33.7 Å². The summed E-state index contributed by atoms with van der Waals surface area (Å²) in [6.07, 6.45) is 6.47. The van der Waals surface area contributed by atoms with Crippen molar-refractivity contribution in [3.63, 3.8) is 0 Å². The smallest absolute Gasteiger partial charge is 0.160 e. The fraction of sp³-hybridized carbons (Fsp3) is 0.0408. The van der Waals surface area contributed by atoms with E-state index in [-0.39, 0.29) is 12.0 Å². The monoisotopic (exact) mass is 693 g/mol. The number of benzene rings is 7. The highest BCUT2D eigenvalue weighted by molar-refractivity contribution is 6.21. The Morgan fingerprint density at radius 2 is 1.31 bits per heavy atom. The van der Waals surface area contributed by atoms with Crippen molar-refractivity contribution in [2.75, 3.05) is 0 Å². The van der Waals surface area contributed by atoms with Crippen molar-refractivity contribution in [3.05, 3.63) is 187 Å². The quantitative estimate of drug-likeness (QED) is 0.184. The Balaban J connectivity index is 0.995. The minimum Gasteiger partial charge on any atom is -0.483 e. The SMILES string of the molecule is C1=CC2Oc3c(cccc3-n3c4ccccc4c4ccc5c6ccccc6oc5c43)C2C(c2ccc(-n3c(-c4ccccc4)nc4ccccc43)cc2)=C1. The lowest BCUT2D eigenvalue weighted by Gasteiger charge is -2.23. The molecule has 2 aliphatic rings. The van der Waals surface area contributed by atoms with E-state index in [1.54, 1.807) is 0 Å². The zero-order valence-corrected chi connectivity index (χ0v) is 29.1. The highest BCUT2D eigenvalue weighted by Gasteiger charge is 2.39. The van der Waals surface area contributed by atoms with Gasteiger partial charge in [-0.15, -0.1) is 0 Å². The normalized spacial score (nSPS) is 16.3.